The predicted molar refractivity (Wildman–Crippen MR) is 88.5 cm³/mol. The molecule has 0 aliphatic carbocycles. The third-order valence-corrected chi connectivity index (χ3v) is 4.56. The van der Waals surface area contributed by atoms with Crippen molar-refractivity contribution >= 4 is 28.3 Å². The molecular formula is C15H21BrClF3N2. The number of piperazine rings is 1. The van der Waals surface area contributed by atoms with Crippen LogP contribution >= 0.6 is 28.3 Å². The molecule has 1 aromatic carbocycles. The molecule has 0 saturated carbocycles. The number of benzene rings is 1. The lowest BCUT2D eigenvalue weighted by Gasteiger charge is -2.36. The van der Waals surface area contributed by atoms with Crippen LogP contribution < -0.4 is 5.32 Å². The maximum absolute atomic E-state index is 13.0. The van der Waals surface area contributed by atoms with E-state index >= 15 is 0 Å². The number of hydrogen-bond donors (Lipinski definition) is 1. The van der Waals surface area contributed by atoms with E-state index in [2.05, 4.69) is 33.1 Å². The molecule has 2 rings (SSSR count). The van der Waals surface area contributed by atoms with Gasteiger partial charge in [0.25, 0.3) is 0 Å². The molecule has 1 aliphatic rings. The average molecular weight is 402 g/mol. The molecule has 126 valence electrons. The third kappa shape index (κ3) is 4.85. The summed E-state index contributed by atoms with van der Waals surface area (Å²) in [5.74, 6) is 0. The Bertz CT molecular complexity index is 476. The summed E-state index contributed by atoms with van der Waals surface area (Å²) in [4.78, 5) is 2.28. The van der Waals surface area contributed by atoms with Crippen molar-refractivity contribution in [1.29, 1.82) is 0 Å². The van der Waals surface area contributed by atoms with Crippen LogP contribution in [-0.2, 0) is 6.18 Å². The monoisotopic (exact) mass is 400 g/mol. The van der Waals surface area contributed by atoms with E-state index in [0.717, 1.165) is 55.1 Å². The highest BCUT2D eigenvalue weighted by molar-refractivity contribution is 9.10. The molecule has 1 fully saturated rings. The van der Waals surface area contributed by atoms with Crippen molar-refractivity contribution in [3.8, 4) is 0 Å². The molecule has 0 aromatic heterocycles. The van der Waals surface area contributed by atoms with Gasteiger partial charge in [0.15, 0.2) is 0 Å². The number of rotatable bonds is 4. The molecule has 2 nitrogen and oxygen atoms in total. The van der Waals surface area contributed by atoms with Gasteiger partial charge in [-0.05, 0) is 30.2 Å². The van der Waals surface area contributed by atoms with E-state index in [1.807, 2.05) is 0 Å². The van der Waals surface area contributed by atoms with E-state index in [1.54, 1.807) is 0 Å². The summed E-state index contributed by atoms with van der Waals surface area (Å²) in [6.45, 7) is 5.57. The summed E-state index contributed by atoms with van der Waals surface area (Å²) >= 11 is 3.42. The van der Waals surface area contributed by atoms with E-state index in [9.17, 15) is 13.2 Å². The summed E-state index contributed by atoms with van der Waals surface area (Å²) in [5, 5.41) is 3.28. The first-order valence-corrected chi connectivity index (χ1v) is 8.04. The molecule has 0 amide bonds. The highest BCUT2D eigenvalue weighted by Gasteiger charge is 2.32. The Morgan fingerprint density at radius 2 is 1.91 bits per heavy atom. The fourth-order valence-electron chi connectivity index (χ4n) is 2.78. The number of halogens is 5. The van der Waals surface area contributed by atoms with Gasteiger partial charge in [0.1, 0.15) is 0 Å². The van der Waals surface area contributed by atoms with Gasteiger partial charge in [-0.15, -0.1) is 12.4 Å². The Hall–Kier alpha value is -0.300. The lowest BCUT2D eigenvalue weighted by atomic mass is 9.98. The van der Waals surface area contributed by atoms with Crippen LogP contribution in [0.4, 0.5) is 13.2 Å². The van der Waals surface area contributed by atoms with Gasteiger partial charge in [-0.3, -0.25) is 4.90 Å². The number of alkyl halides is 3. The molecule has 0 radical (unpaired) electrons. The first-order chi connectivity index (χ1) is 9.93. The largest absolute Gasteiger partial charge is 0.416 e. The molecule has 1 N–H and O–H groups in total. The zero-order chi connectivity index (χ0) is 15.5. The van der Waals surface area contributed by atoms with E-state index in [1.165, 1.54) is 12.1 Å². The van der Waals surface area contributed by atoms with Gasteiger partial charge in [0.2, 0.25) is 0 Å². The molecule has 22 heavy (non-hydrogen) atoms. The normalized spacial score (nSPS) is 17.9. The van der Waals surface area contributed by atoms with Crippen LogP contribution in [0.5, 0.6) is 0 Å². The minimum Gasteiger partial charge on any atom is -0.314 e. The minimum atomic E-state index is -4.30. The summed E-state index contributed by atoms with van der Waals surface area (Å²) in [6, 6.07) is 3.98. The van der Waals surface area contributed by atoms with Crippen LogP contribution in [0.2, 0.25) is 0 Å². The standard InChI is InChI=1S/C15H20BrF3N2.ClH/c1-2-3-14(21-8-6-20-7-9-21)12-10-11(15(17,18)19)4-5-13(12)16;/h4-5,10,14,20H,2-3,6-9H2,1H3;1H/t14-;/m1./s1. The highest BCUT2D eigenvalue weighted by Crippen LogP contribution is 2.37. The molecular weight excluding hydrogens is 381 g/mol. The number of hydrogen-bond acceptors (Lipinski definition) is 2. The minimum absolute atomic E-state index is 0. The zero-order valence-corrected chi connectivity index (χ0v) is 14.8. The Morgan fingerprint density at radius 1 is 1.27 bits per heavy atom. The van der Waals surface area contributed by atoms with Crippen molar-refractivity contribution in [1.82, 2.24) is 10.2 Å². The van der Waals surface area contributed by atoms with E-state index in [-0.39, 0.29) is 18.4 Å². The summed E-state index contributed by atoms with van der Waals surface area (Å²) in [5.41, 5.74) is 0.172. The first-order valence-electron chi connectivity index (χ1n) is 7.25. The zero-order valence-electron chi connectivity index (χ0n) is 12.4. The van der Waals surface area contributed by atoms with Crippen LogP contribution in [0.25, 0.3) is 0 Å². The van der Waals surface area contributed by atoms with Gasteiger partial charge in [0, 0.05) is 36.7 Å². The second kappa shape index (κ2) is 8.52. The average Bonchev–Trinajstić information content (AvgIpc) is 2.45. The van der Waals surface area contributed by atoms with Crippen LogP contribution in [0.1, 0.15) is 36.9 Å². The van der Waals surface area contributed by atoms with E-state index < -0.39 is 11.7 Å². The summed E-state index contributed by atoms with van der Waals surface area (Å²) < 4.78 is 39.6. The molecule has 1 heterocycles. The Balaban J connectivity index is 0.00000242. The fourth-order valence-corrected chi connectivity index (χ4v) is 3.29. The molecule has 1 atom stereocenters. The maximum atomic E-state index is 13.0. The van der Waals surface area contributed by atoms with Gasteiger partial charge in [-0.1, -0.05) is 29.3 Å². The van der Waals surface area contributed by atoms with Crippen molar-refractivity contribution < 1.29 is 13.2 Å². The number of nitrogens with one attached hydrogen (secondary N) is 1. The van der Waals surface area contributed by atoms with Crippen LogP contribution in [-0.4, -0.2) is 31.1 Å². The number of nitrogens with zero attached hydrogens (tertiary/aromatic N) is 1. The van der Waals surface area contributed by atoms with Gasteiger partial charge in [0.05, 0.1) is 5.56 Å². The Morgan fingerprint density at radius 3 is 2.45 bits per heavy atom. The second-order valence-electron chi connectivity index (χ2n) is 5.32. The van der Waals surface area contributed by atoms with Crippen molar-refractivity contribution in [2.24, 2.45) is 0 Å². The second-order valence-corrected chi connectivity index (χ2v) is 6.18. The maximum Gasteiger partial charge on any atom is 0.416 e. The summed E-state index contributed by atoms with van der Waals surface area (Å²) in [6.07, 6.45) is -2.49. The van der Waals surface area contributed by atoms with Gasteiger partial charge >= 0.3 is 6.18 Å². The van der Waals surface area contributed by atoms with Crippen LogP contribution in [0, 0.1) is 0 Å². The topological polar surface area (TPSA) is 15.3 Å². The highest BCUT2D eigenvalue weighted by atomic mass is 79.9. The molecule has 0 unspecified atom stereocenters. The molecule has 7 heteroatoms. The molecule has 0 spiro atoms. The Labute approximate surface area is 144 Å². The summed E-state index contributed by atoms with van der Waals surface area (Å²) in [7, 11) is 0. The quantitative estimate of drug-likeness (QED) is 0.791. The van der Waals surface area contributed by atoms with Crippen molar-refractivity contribution in [3.63, 3.8) is 0 Å². The van der Waals surface area contributed by atoms with Crippen molar-refractivity contribution in [3.05, 3.63) is 33.8 Å². The first kappa shape index (κ1) is 19.7. The van der Waals surface area contributed by atoms with Crippen LogP contribution in [0.15, 0.2) is 22.7 Å². The fraction of sp³-hybridized carbons (Fsp3) is 0.600. The lowest BCUT2D eigenvalue weighted by molar-refractivity contribution is -0.137. The van der Waals surface area contributed by atoms with Crippen LogP contribution in [0.3, 0.4) is 0 Å². The smallest absolute Gasteiger partial charge is 0.314 e. The van der Waals surface area contributed by atoms with Gasteiger partial charge in [-0.2, -0.15) is 13.2 Å². The van der Waals surface area contributed by atoms with Gasteiger partial charge < -0.3 is 5.32 Å². The third-order valence-electron chi connectivity index (χ3n) is 3.84. The molecule has 1 aliphatic heterocycles. The SMILES string of the molecule is CCC[C@H](c1cc(C(F)(F)F)ccc1Br)N1CCNCC1.Cl. The molecule has 1 saturated heterocycles. The predicted octanol–water partition coefficient (Wildman–Crippen LogP) is 4.64. The van der Waals surface area contributed by atoms with E-state index in [4.69, 9.17) is 0 Å². The Kier molecular flexibility index (Phi) is 7.65. The van der Waals surface area contributed by atoms with Crippen molar-refractivity contribution in [2.75, 3.05) is 26.2 Å². The molecule has 0 bridgehead atoms. The van der Waals surface area contributed by atoms with Gasteiger partial charge in [-0.25, -0.2) is 0 Å². The lowest BCUT2D eigenvalue weighted by Crippen LogP contribution is -2.45. The van der Waals surface area contributed by atoms with E-state index in [0.29, 0.717) is 0 Å². The molecule has 1 aromatic rings. The van der Waals surface area contributed by atoms with Crippen molar-refractivity contribution in [2.45, 2.75) is 32.0 Å².